The zero-order valence-electron chi connectivity index (χ0n) is 13.0. The second-order valence-corrected chi connectivity index (χ2v) is 6.04. The number of carbonyl (C=O) groups excluding carboxylic acids is 1. The van der Waals surface area contributed by atoms with Gasteiger partial charge in [-0.3, -0.25) is 9.63 Å². The Hall–Kier alpha value is -1.69. The molecule has 1 amide bonds. The van der Waals surface area contributed by atoms with Crippen molar-refractivity contribution in [2.24, 2.45) is 0 Å². The van der Waals surface area contributed by atoms with Gasteiger partial charge in [0.15, 0.2) is 0 Å². The van der Waals surface area contributed by atoms with Crippen LogP contribution in [0.25, 0.3) is 0 Å². The predicted molar refractivity (Wildman–Crippen MR) is 89.2 cm³/mol. The van der Waals surface area contributed by atoms with Gasteiger partial charge >= 0.3 is 0 Å². The van der Waals surface area contributed by atoms with Gasteiger partial charge in [-0.1, -0.05) is 35.3 Å². The maximum absolute atomic E-state index is 13.8. The highest BCUT2D eigenvalue weighted by molar-refractivity contribution is 6.35. The SMILES string of the molecule is CON(C(=O)c1c(F)cccc1F)C(C)Cc1ccc(Cl)cc1Cl. The third-order valence-electron chi connectivity index (χ3n) is 3.50. The summed E-state index contributed by atoms with van der Waals surface area (Å²) in [6.45, 7) is 1.69. The van der Waals surface area contributed by atoms with Crippen LogP contribution in [0, 0.1) is 11.6 Å². The van der Waals surface area contributed by atoms with Gasteiger partial charge in [0.05, 0.1) is 13.2 Å². The average Bonchev–Trinajstić information content (AvgIpc) is 2.50. The molecule has 0 N–H and O–H groups in total. The molecule has 0 aliphatic heterocycles. The molecule has 1 unspecified atom stereocenters. The van der Waals surface area contributed by atoms with Gasteiger partial charge in [-0.25, -0.2) is 13.8 Å². The van der Waals surface area contributed by atoms with Crippen molar-refractivity contribution in [1.82, 2.24) is 5.06 Å². The molecule has 0 aliphatic carbocycles. The molecule has 128 valence electrons. The standard InChI is InChI=1S/C17H15Cl2F2NO2/c1-10(8-11-6-7-12(18)9-13(11)19)22(24-2)17(23)16-14(20)4-3-5-15(16)21/h3-7,9-10H,8H2,1-2H3. The number of halogens is 4. The van der Waals surface area contributed by atoms with Crippen LogP contribution in [0.5, 0.6) is 0 Å². The van der Waals surface area contributed by atoms with E-state index < -0.39 is 29.1 Å². The number of hydrogen-bond acceptors (Lipinski definition) is 2. The third-order valence-corrected chi connectivity index (χ3v) is 4.09. The molecule has 0 spiro atoms. The molecule has 2 aromatic rings. The van der Waals surface area contributed by atoms with Gasteiger partial charge in [0, 0.05) is 10.0 Å². The van der Waals surface area contributed by atoms with Crippen LogP contribution in [-0.4, -0.2) is 24.1 Å². The normalized spacial score (nSPS) is 12.1. The molecule has 2 rings (SSSR count). The topological polar surface area (TPSA) is 29.5 Å². The van der Waals surface area contributed by atoms with Crippen molar-refractivity contribution in [1.29, 1.82) is 0 Å². The van der Waals surface area contributed by atoms with Crippen LogP contribution in [0.1, 0.15) is 22.8 Å². The van der Waals surface area contributed by atoms with Crippen LogP contribution in [0.15, 0.2) is 36.4 Å². The highest BCUT2D eigenvalue weighted by Crippen LogP contribution is 2.24. The van der Waals surface area contributed by atoms with Crippen molar-refractivity contribution in [3.8, 4) is 0 Å². The van der Waals surface area contributed by atoms with Crippen molar-refractivity contribution >= 4 is 29.1 Å². The summed E-state index contributed by atoms with van der Waals surface area (Å²) in [5.74, 6) is -2.79. The summed E-state index contributed by atoms with van der Waals surface area (Å²) in [4.78, 5) is 17.5. The van der Waals surface area contributed by atoms with Crippen LogP contribution in [-0.2, 0) is 11.3 Å². The van der Waals surface area contributed by atoms with Gasteiger partial charge in [-0.2, -0.15) is 0 Å². The van der Waals surface area contributed by atoms with Crippen LogP contribution in [0.3, 0.4) is 0 Å². The van der Waals surface area contributed by atoms with Gasteiger partial charge < -0.3 is 0 Å². The Bertz CT molecular complexity index is 735. The van der Waals surface area contributed by atoms with Crippen LogP contribution in [0.2, 0.25) is 10.0 Å². The van der Waals surface area contributed by atoms with E-state index in [-0.39, 0.29) is 0 Å². The fourth-order valence-electron chi connectivity index (χ4n) is 2.36. The van der Waals surface area contributed by atoms with Crippen molar-refractivity contribution in [2.75, 3.05) is 7.11 Å². The van der Waals surface area contributed by atoms with Gasteiger partial charge in [-0.15, -0.1) is 0 Å². The minimum atomic E-state index is -0.946. The van der Waals surface area contributed by atoms with E-state index in [1.807, 2.05) is 0 Å². The Balaban J connectivity index is 2.25. The molecule has 3 nitrogen and oxygen atoms in total. The third kappa shape index (κ3) is 4.04. The number of hydroxylamine groups is 2. The van der Waals surface area contributed by atoms with E-state index in [0.29, 0.717) is 16.5 Å². The lowest BCUT2D eigenvalue weighted by Crippen LogP contribution is -2.39. The maximum Gasteiger partial charge on any atom is 0.283 e. The second-order valence-electron chi connectivity index (χ2n) is 5.20. The number of benzene rings is 2. The summed E-state index contributed by atoms with van der Waals surface area (Å²) >= 11 is 12.0. The van der Waals surface area contributed by atoms with Crippen molar-refractivity contribution in [2.45, 2.75) is 19.4 Å². The zero-order valence-corrected chi connectivity index (χ0v) is 14.5. The van der Waals surface area contributed by atoms with Gasteiger partial charge in [-0.05, 0) is 43.2 Å². The van der Waals surface area contributed by atoms with Gasteiger partial charge in [0.1, 0.15) is 17.2 Å². The molecule has 0 saturated heterocycles. The minimum absolute atomic E-state index is 0.325. The monoisotopic (exact) mass is 373 g/mol. The molecule has 2 aromatic carbocycles. The molecule has 0 aliphatic rings. The molecular weight excluding hydrogens is 359 g/mol. The lowest BCUT2D eigenvalue weighted by atomic mass is 10.1. The van der Waals surface area contributed by atoms with E-state index in [9.17, 15) is 13.6 Å². The Kier molecular flexibility index (Phi) is 6.15. The number of carbonyl (C=O) groups is 1. The highest BCUT2D eigenvalue weighted by Gasteiger charge is 2.27. The van der Waals surface area contributed by atoms with E-state index in [0.717, 1.165) is 22.8 Å². The van der Waals surface area contributed by atoms with Crippen molar-refractivity contribution < 1.29 is 18.4 Å². The first-order valence-corrected chi connectivity index (χ1v) is 7.86. The number of nitrogens with zero attached hydrogens (tertiary/aromatic N) is 1. The van der Waals surface area contributed by atoms with E-state index in [4.69, 9.17) is 28.0 Å². The first-order valence-electron chi connectivity index (χ1n) is 7.10. The molecular formula is C17H15Cl2F2NO2. The van der Waals surface area contributed by atoms with Crippen LogP contribution in [0.4, 0.5) is 8.78 Å². The van der Waals surface area contributed by atoms with Gasteiger partial charge in [0.25, 0.3) is 5.91 Å². The minimum Gasteiger partial charge on any atom is -0.274 e. The van der Waals surface area contributed by atoms with Crippen LogP contribution < -0.4 is 0 Å². The quantitative estimate of drug-likeness (QED) is 0.697. The second kappa shape index (κ2) is 7.92. The summed E-state index contributed by atoms with van der Waals surface area (Å²) in [6.07, 6.45) is 0.325. The highest BCUT2D eigenvalue weighted by atomic mass is 35.5. The maximum atomic E-state index is 13.8. The fourth-order valence-corrected chi connectivity index (χ4v) is 2.85. The Morgan fingerprint density at radius 1 is 1.21 bits per heavy atom. The molecule has 24 heavy (non-hydrogen) atoms. The van der Waals surface area contributed by atoms with E-state index in [2.05, 4.69) is 0 Å². The molecule has 7 heteroatoms. The number of amides is 1. The summed E-state index contributed by atoms with van der Waals surface area (Å²) < 4.78 is 27.6. The summed E-state index contributed by atoms with van der Waals surface area (Å²) in [5, 5.41) is 1.85. The molecule has 0 heterocycles. The van der Waals surface area contributed by atoms with E-state index in [1.54, 1.807) is 25.1 Å². The smallest absolute Gasteiger partial charge is 0.274 e. The summed E-state index contributed by atoms with van der Waals surface area (Å²) in [6, 6.07) is 7.69. The molecule has 0 bridgehead atoms. The van der Waals surface area contributed by atoms with E-state index in [1.165, 1.54) is 13.2 Å². The number of hydrogen-bond donors (Lipinski definition) is 0. The van der Waals surface area contributed by atoms with Crippen molar-refractivity contribution in [3.63, 3.8) is 0 Å². The summed E-state index contributed by atoms with van der Waals surface area (Å²) in [7, 11) is 1.26. The molecule has 0 saturated carbocycles. The van der Waals surface area contributed by atoms with Crippen molar-refractivity contribution in [3.05, 3.63) is 69.2 Å². The summed E-state index contributed by atoms with van der Waals surface area (Å²) in [5.41, 5.74) is 0.0748. The molecule has 1 atom stereocenters. The van der Waals surface area contributed by atoms with E-state index >= 15 is 0 Å². The average molecular weight is 374 g/mol. The zero-order chi connectivity index (χ0) is 17.9. The Labute approximate surface area is 148 Å². The Morgan fingerprint density at radius 3 is 2.38 bits per heavy atom. The Morgan fingerprint density at radius 2 is 1.83 bits per heavy atom. The molecule has 0 fully saturated rings. The fraction of sp³-hybridized carbons (Fsp3) is 0.235. The molecule has 0 radical (unpaired) electrons. The first kappa shape index (κ1) is 18.6. The predicted octanol–water partition coefficient (Wildman–Crippen LogP) is 4.91. The van der Waals surface area contributed by atoms with Gasteiger partial charge in [0.2, 0.25) is 0 Å². The lowest BCUT2D eigenvalue weighted by Gasteiger charge is -2.27. The largest absolute Gasteiger partial charge is 0.283 e. The first-order chi connectivity index (χ1) is 11.3. The molecule has 0 aromatic heterocycles. The number of rotatable bonds is 5. The lowest BCUT2D eigenvalue weighted by molar-refractivity contribution is -0.119. The van der Waals surface area contributed by atoms with Crippen LogP contribution >= 0.6 is 23.2 Å².